The summed E-state index contributed by atoms with van der Waals surface area (Å²) in [4.78, 5) is 27.4. The SMILES string of the molecule is CNC(=O)[C@@H](C)N(Cc1ccc(F)cc1)C(=O)CN(c1ccc(OC)c(Cl)c1)S(=O)(=O)c1ccc(C)cc1. The van der Waals surface area contributed by atoms with Gasteiger partial charge < -0.3 is 15.0 Å². The number of halogens is 2. The molecule has 3 aromatic carbocycles. The fraction of sp³-hybridized carbons (Fsp3) is 0.259. The minimum Gasteiger partial charge on any atom is -0.495 e. The van der Waals surface area contributed by atoms with Crippen molar-refractivity contribution in [1.82, 2.24) is 10.2 Å². The number of ether oxygens (including phenoxy) is 1. The maximum atomic E-state index is 13.8. The van der Waals surface area contributed by atoms with E-state index >= 15 is 0 Å². The number of anilines is 1. The summed E-state index contributed by atoms with van der Waals surface area (Å²) in [5.74, 6) is -1.20. The molecule has 0 radical (unpaired) electrons. The van der Waals surface area contributed by atoms with Gasteiger partial charge in [0.2, 0.25) is 11.8 Å². The molecule has 11 heteroatoms. The molecule has 0 bridgehead atoms. The van der Waals surface area contributed by atoms with Crippen molar-refractivity contribution in [2.75, 3.05) is 25.0 Å². The molecule has 3 rings (SSSR count). The Balaban J connectivity index is 2.06. The average molecular weight is 562 g/mol. The molecule has 0 fully saturated rings. The van der Waals surface area contributed by atoms with E-state index in [9.17, 15) is 22.4 Å². The van der Waals surface area contributed by atoms with Crippen LogP contribution in [0.3, 0.4) is 0 Å². The molecule has 0 heterocycles. The fourth-order valence-corrected chi connectivity index (χ4v) is 5.41. The van der Waals surface area contributed by atoms with E-state index < -0.39 is 40.2 Å². The molecule has 8 nitrogen and oxygen atoms in total. The van der Waals surface area contributed by atoms with E-state index in [4.69, 9.17) is 16.3 Å². The zero-order valence-corrected chi connectivity index (χ0v) is 23.0. The topological polar surface area (TPSA) is 96.0 Å². The highest BCUT2D eigenvalue weighted by Crippen LogP contribution is 2.32. The van der Waals surface area contributed by atoms with Gasteiger partial charge in [0.05, 0.1) is 22.7 Å². The number of nitrogens with one attached hydrogen (secondary N) is 1. The van der Waals surface area contributed by atoms with Gasteiger partial charge in [0.1, 0.15) is 24.2 Å². The lowest BCUT2D eigenvalue weighted by atomic mass is 10.1. The molecule has 38 heavy (non-hydrogen) atoms. The molecular formula is C27H29ClFN3O5S. The number of benzene rings is 3. The van der Waals surface area contributed by atoms with Crippen molar-refractivity contribution in [2.24, 2.45) is 0 Å². The predicted molar refractivity (Wildman–Crippen MR) is 144 cm³/mol. The predicted octanol–water partition coefficient (Wildman–Crippen LogP) is 4.15. The summed E-state index contributed by atoms with van der Waals surface area (Å²) in [6.07, 6.45) is 0. The van der Waals surface area contributed by atoms with Gasteiger partial charge in [0.25, 0.3) is 10.0 Å². The monoisotopic (exact) mass is 561 g/mol. The molecule has 202 valence electrons. The Morgan fingerprint density at radius 1 is 1.05 bits per heavy atom. The van der Waals surface area contributed by atoms with Gasteiger partial charge in [0.15, 0.2) is 0 Å². The number of likely N-dealkylation sites (N-methyl/N-ethyl adjacent to an activating group) is 1. The number of nitrogens with zero attached hydrogens (tertiary/aromatic N) is 2. The van der Waals surface area contributed by atoms with E-state index in [-0.39, 0.29) is 22.2 Å². The highest BCUT2D eigenvalue weighted by molar-refractivity contribution is 7.92. The number of carbonyl (C=O) groups excluding carboxylic acids is 2. The van der Waals surface area contributed by atoms with Crippen LogP contribution in [0.25, 0.3) is 0 Å². The van der Waals surface area contributed by atoms with Crippen molar-refractivity contribution in [3.05, 3.63) is 88.7 Å². The van der Waals surface area contributed by atoms with Crippen LogP contribution >= 0.6 is 11.6 Å². The molecule has 0 saturated carbocycles. The first-order valence-corrected chi connectivity index (χ1v) is 13.5. The number of aryl methyl sites for hydroxylation is 1. The van der Waals surface area contributed by atoms with E-state index in [1.54, 1.807) is 12.1 Å². The fourth-order valence-electron chi connectivity index (χ4n) is 3.75. The number of methoxy groups -OCH3 is 1. The molecule has 2 amide bonds. The van der Waals surface area contributed by atoms with Gasteiger partial charge in [-0.3, -0.25) is 13.9 Å². The van der Waals surface area contributed by atoms with E-state index in [0.29, 0.717) is 11.3 Å². The highest BCUT2D eigenvalue weighted by Gasteiger charge is 2.32. The summed E-state index contributed by atoms with van der Waals surface area (Å²) < 4.78 is 47.1. The second kappa shape index (κ2) is 12.3. The van der Waals surface area contributed by atoms with Crippen LogP contribution in [0.4, 0.5) is 10.1 Å². The Morgan fingerprint density at radius 2 is 1.68 bits per heavy atom. The Kier molecular flexibility index (Phi) is 9.35. The molecule has 0 aliphatic carbocycles. The number of sulfonamides is 1. The van der Waals surface area contributed by atoms with Crippen molar-refractivity contribution < 1.29 is 27.1 Å². The largest absolute Gasteiger partial charge is 0.495 e. The van der Waals surface area contributed by atoms with Crippen LogP contribution in [-0.4, -0.2) is 51.9 Å². The van der Waals surface area contributed by atoms with Crippen LogP contribution < -0.4 is 14.4 Å². The number of amides is 2. The minimum absolute atomic E-state index is 0.0210. The van der Waals surface area contributed by atoms with Crippen LogP contribution in [0.2, 0.25) is 5.02 Å². The molecule has 3 aromatic rings. The van der Waals surface area contributed by atoms with Crippen LogP contribution in [0.5, 0.6) is 5.75 Å². The Labute approximate surface area is 227 Å². The summed E-state index contributed by atoms with van der Waals surface area (Å²) in [6, 6.07) is 15.1. The molecule has 0 aliphatic heterocycles. The first-order chi connectivity index (χ1) is 18.0. The number of hydrogen-bond donors (Lipinski definition) is 1. The van der Waals surface area contributed by atoms with Gasteiger partial charge in [-0.1, -0.05) is 41.4 Å². The summed E-state index contributed by atoms with van der Waals surface area (Å²) in [5.41, 5.74) is 1.57. The van der Waals surface area contributed by atoms with Crippen LogP contribution in [0, 0.1) is 12.7 Å². The van der Waals surface area contributed by atoms with Gasteiger partial charge in [-0.25, -0.2) is 12.8 Å². The third-order valence-electron chi connectivity index (χ3n) is 5.99. The maximum absolute atomic E-state index is 13.8. The van der Waals surface area contributed by atoms with Crippen LogP contribution in [-0.2, 0) is 26.2 Å². The maximum Gasteiger partial charge on any atom is 0.264 e. The lowest BCUT2D eigenvalue weighted by molar-refractivity contribution is -0.139. The molecule has 1 atom stereocenters. The van der Waals surface area contributed by atoms with Crippen LogP contribution in [0.1, 0.15) is 18.1 Å². The normalized spacial score (nSPS) is 11.9. The molecule has 0 aromatic heterocycles. The van der Waals surface area contributed by atoms with Gasteiger partial charge in [-0.05, 0) is 61.9 Å². The molecule has 0 aliphatic rings. The standard InChI is InChI=1S/C27H29ClFN3O5S/c1-18-5-12-23(13-6-18)38(35,36)32(22-11-14-25(37-4)24(28)15-22)17-26(33)31(19(2)27(34)30-3)16-20-7-9-21(29)10-8-20/h5-15,19H,16-17H2,1-4H3,(H,30,34)/t19-/m1/s1. The number of carbonyl (C=O) groups is 2. The number of rotatable bonds is 10. The molecule has 1 N–H and O–H groups in total. The van der Waals surface area contributed by atoms with Crippen molar-refractivity contribution in [3.8, 4) is 5.75 Å². The quantitative estimate of drug-likeness (QED) is 0.401. The van der Waals surface area contributed by atoms with Crippen LogP contribution in [0.15, 0.2) is 71.6 Å². The van der Waals surface area contributed by atoms with Gasteiger partial charge >= 0.3 is 0 Å². The Hall–Kier alpha value is -3.63. The van der Waals surface area contributed by atoms with Gasteiger partial charge in [-0.15, -0.1) is 0 Å². The lowest BCUT2D eigenvalue weighted by Gasteiger charge is -2.32. The Bertz CT molecular complexity index is 1400. The lowest BCUT2D eigenvalue weighted by Crippen LogP contribution is -2.50. The number of hydrogen-bond acceptors (Lipinski definition) is 5. The van der Waals surface area contributed by atoms with Crippen molar-refractivity contribution in [2.45, 2.75) is 31.3 Å². The summed E-state index contributed by atoms with van der Waals surface area (Å²) in [7, 11) is -1.36. The average Bonchev–Trinajstić information content (AvgIpc) is 2.90. The minimum atomic E-state index is -4.23. The summed E-state index contributed by atoms with van der Waals surface area (Å²) in [6.45, 7) is 2.69. The third-order valence-corrected chi connectivity index (χ3v) is 8.07. The van der Waals surface area contributed by atoms with Gasteiger partial charge in [-0.2, -0.15) is 0 Å². The summed E-state index contributed by atoms with van der Waals surface area (Å²) >= 11 is 6.30. The zero-order chi connectivity index (χ0) is 28.0. The summed E-state index contributed by atoms with van der Waals surface area (Å²) in [5, 5.41) is 2.66. The zero-order valence-electron chi connectivity index (χ0n) is 21.4. The van der Waals surface area contributed by atoms with E-state index in [2.05, 4.69) is 5.32 Å². The van der Waals surface area contributed by atoms with E-state index in [1.165, 1.54) is 80.6 Å². The second-order valence-electron chi connectivity index (χ2n) is 8.58. The second-order valence-corrected chi connectivity index (χ2v) is 10.9. The molecule has 0 unspecified atom stereocenters. The Morgan fingerprint density at radius 3 is 2.24 bits per heavy atom. The smallest absolute Gasteiger partial charge is 0.264 e. The van der Waals surface area contributed by atoms with Crippen molar-refractivity contribution in [1.29, 1.82) is 0 Å². The van der Waals surface area contributed by atoms with E-state index in [0.717, 1.165) is 9.87 Å². The first-order valence-electron chi connectivity index (χ1n) is 11.7. The van der Waals surface area contributed by atoms with Crippen molar-refractivity contribution in [3.63, 3.8) is 0 Å². The third kappa shape index (κ3) is 6.62. The molecular weight excluding hydrogens is 533 g/mol. The van der Waals surface area contributed by atoms with Gasteiger partial charge in [0, 0.05) is 13.6 Å². The highest BCUT2D eigenvalue weighted by atomic mass is 35.5. The van der Waals surface area contributed by atoms with E-state index in [1.807, 2.05) is 6.92 Å². The van der Waals surface area contributed by atoms with Crippen molar-refractivity contribution >= 4 is 39.1 Å². The first kappa shape index (κ1) is 28.9. The molecule has 0 saturated heterocycles. The molecule has 0 spiro atoms.